The second-order valence-corrected chi connectivity index (χ2v) is 7.86. The van der Waals surface area contributed by atoms with Crippen molar-refractivity contribution in [1.29, 1.82) is 0 Å². The van der Waals surface area contributed by atoms with Crippen molar-refractivity contribution in [2.75, 3.05) is 4.90 Å². The van der Waals surface area contributed by atoms with E-state index in [2.05, 4.69) is 0 Å². The number of ether oxygens (including phenoxy) is 1. The van der Waals surface area contributed by atoms with Crippen molar-refractivity contribution in [3.8, 4) is 0 Å². The van der Waals surface area contributed by atoms with Crippen LogP contribution >= 0.6 is 23.2 Å². The maximum Gasteiger partial charge on any atom is 0.422 e. The van der Waals surface area contributed by atoms with Crippen molar-refractivity contribution >= 4 is 52.5 Å². The average molecular weight is 408 g/mol. The zero-order valence-electron chi connectivity index (χ0n) is 14.8. The van der Waals surface area contributed by atoms with Crippen LogP contribution in [0.25, 0.3) is 11.6 Å². The van der Waals surface area contributed by atoms with Gasteiger partial charge in [0.1, 0.15) is 11.4 Å². The Kier molecular flexibility index (Phi) is 5.02. The summed E-state index contributed by atoms with van der Waals surface area (Å²) in [5, 5.41) is 0.292. The van der Waals surface area contributed by atoms with Gasteiger partial charge in [-0.2, -0.15) is 0 Å². The van der Waals surface area contributed by atoms with Crippen molar-refractivity contribution in [3.63, 3.8) is 0 Å². The van der Waals surface area contributed by atoms with Crippen molar-refractivity contribution < 1.29 is 18.7 Å². The standard InChI is InChI=1S/C20H16Cl2FNO3/c1-20(2,3)27-19(26)24-17-10-15(22)16(23)9-13(17)14(18(24)25)8-11-5-4-6-12(21)7-11/h4-10H,1-3H3. The first kappa shape index (κ1) is 19.4. The summed E-state index contributed by atoms with van der Waals surface area (Å²) in [4.78, 5) is 26.4. The molecule has 2 aromatic rings. The van der Waals surface area contributed by atoms with Gasteiger partial charge >= 0.3 is 6.09 Å². The summed E-state index contributed by atoms with van der Waals surface area (Å²) in [6.45, 7) is 5.06. The molecule has 7 heteroatoms. The van der Waals surface area contributed by atoms with Crippen molar-refractivity contribution in [2.45, 2.75) is 26.4 Å². The van der Waals surface area contributed by atoms with Gasteiger partial charge < -0.3 is 4.74 Å². The second-order valence-electron chi connectivity index (χ2n) is 7.02. The SMILES string of the molecule is CC(C)(C)OC(=O)N1C(=O)C(=Cc2cccc(Cl)c2)c2cc(F)c(Cl)cc21. The van der Waals surface area contributed by atoms with Gasteiger partial charge in [0.2, 0.25) is 0 Å². The van der Waals surface area contributed by atoms with E-state index in [0.29, 0.717) is 10.6 Å². The molecule has 27 heavy (non-hydrogen) atoms. The lowest BCUT2D eigenvalue weighted by atomic mass is 10.0. The Morgan fingerprint density at radius 1 is 1.19 bits per heavy atom. The fourth-order valence-corrected chi connectivity index (χ4v) is 3.03. The molecule has 0 bridgehead atoms. The van der Waals surface area contributed by atoms with E-state index in [4.69, 9.17) is 27.9 Å². The normalized spacial score (nSPS) is 15.3. The van der Waals surface area contributed by atoms with E-state index in [0.717, 1.165) is 11.0 Å². The van der Waals surface area contributed by atoms with Crippen molar-refractivity contribution in [3.05, 3.63) is 63.4 Å². The maximum atomic E-state index is 14.1. The molecule has 0 saturated heterocycles. The molecule has 0 aliphatic carbocycles. The molecule has 0 saturated carbocycles. The summed E-state index contributed by atoms with van der Waals surface area (Å²) < 4.78 is 19.4. The quantitative estimate of drug-likeness (QED) is 0.548. The number of hydrogen-bond acceptors (Lipinski definition) is 3. The van der Waals surface area contributed by atoms with Crippen molar-refractivity contribution in [2.24, 2.45) is 0 Å². The number of amides is 2. The Hall–Kier alpha value is -2.37. The highest BCUT2D eigenvalue weighted by Crippen LogP contribution is 2.41. The molecule has 140 valence electrons. The largest absolute Gasteiger partial charge is 0.443 e. The lowest BCUT2D eigenvalue weighted by Gasteiger charge is -2.23. The fraction of sp³-hybridized carbons (Fsp3) is 0.200. The van der Waals surface area contributed by atoms with Gasteiger partial charge in [-0.05, 0) is 56.7 Å². The molecule has 1 heterocycles. The number of nitrogens with zero attached hydrogens (tertiary/aromatic N) is 1. The monoisotopic (exact) mass is 407 g/mol. The molecule has 4 nitrogen and oxygen atoms in total. The molecule has 0 atom stereocenters. The molecule has 0 spiro atoms. The van der Waals surface area contributed by atoms with Crippen LogP contribution in [0.2, 0.25) is 10.0 Å². The number of halogens is 3. The smallest absolute Gasteiger partial charge is 0.422 e. The van der Waals surface area contributed by atoms with E-state index in [9.17, 15) is 14.0 Å². The van der Waals surface area contributed by atoms with Gasteiger partial charge in [0, 0.05) is 10.6 Å². The minimum atomic E-state index is -0.856. The first-order valence-corrected chi connectivity index (χ1v) is 8.86. The Balaban J connectivity index is 2.14. The molecule has 1 aliphatic heterocycles. The van der Waals surface area contributed by atoms with Crippen LogP contribution in [0.15, 0.2) is 36.4 Å². The third-order valence-electron chi connectivity index (χ3n) is 3.74. The number of anilines is 1. The van der Waals surface area contributed by atoms with Crippen LogP contribution in [0.3, 0.4) is 0 Å². The number of imide groups is 1. The number of carbonyl (C=O) groups excluding carboxylic acids is 2. The minimum Gasteiger partial charge on any atom is -0.443 e. The van der Waals surface area contributed by atoms with Crippen molar-refractivity contribution in [1.82, 2.24) is 0 Å². The summed E-state index contributed by atoms with van der Waals surface area (Å²) in [5.41, 5.74) is 0.411. The van der Waals surface area contributed by atoms with Crippen LogP contribution in [0.5, 0.6) is 0 Å². The summed E-state index contributed by atoms with van der Waals surface area (Å²) in [6, 6.07) is 9.20. The summed E-state index contributed by atoms with van der Waals surface area (Å²) in [6.07, 6.45) is 0.691. The predicted octanol–water partition coefficient (Wildman–Crippen LogP) is 5.95. The minimum absolute atomic E-state index is 0.147. The molecular formula is C20H16Cl2FNO3. The Labute approximate surface area is 166 Å². The molecular weight excluding hydrogens is 392 g/mol. The summed E-state index contributed by atoms with van der Waals surface area (Å²) >= 11 is 11.9. The van der Waals surface area contributed by atoms with Crippen LogP contribution in [-0.4, -0.2) is 17.6 Å². The van der Waals surface area contributed by atoms with E-state index < -0.39 is 23.4 Å². The molecule has 0 radical (unpaired) electrons. The predicted molar refractivity (Wildman–Crippen MR) is 104 cm³/mol. The fourth-order valence-electron chi connectivity index (χ4n) is 2.67. The van der Waals surface area contributed by atoms with Gasteiger partial charge in [-0.3, -0.25) is 4.79 Å². The van der Waals surface area contributed by atoms with Gasteiger partial charge in [0.25, 0.3) is 5.91 Å². The number of benzene rings is 2. The van der Waals surface area contributed by atoms with Gasteiger partial charge in [0.05, 0.1) is 16.3 Å². The third kappa shape index (κ3) is 3.99. The van der Waals surface area contributed by atoms with Gasteiger partial charge in [-0.25, -0.2) is 14.1 Å². The highest BCUT2D eigenvalue weighted by molar-refractivity contribution is 6.42. The number of carbonyl (C=O) groups is 2. The molecule has 1 aliphatic rings. The summed E-state index contributed by atoms with van der Waals surface area (Å²) in [5.74, 6) is -1.31. The van der Waals surface area contributed by atoms with Crippen LogP contribution < -0.4 is 4.90 Å². The number of fused-ring (bicyclic) bond motifs is 1. The van der Waals surface area contributed by atoms with Gasteiger partial charge in [-0.15, -0.1) is 0 Å². The van der Waals surface area contributed by atoms with E-state index >= 15 is 0 Å². The first-order valence-electron chi connectivity index (χ1n) is 8.11. The summed E-state index contributed by atoms with van der Waals surface area (Å²) in [7, 11) is 0. The maximum absolute atomic E-state index is 14.1. The molecule has 0 unspecified atom stereocenters. The average Bonchev–Trinajstić information content (AvgIpc) is 2.78. The Bertz CT molecular complexity index is 980. The molecule has 0 fully saturated rings. The van der Waals surface area contributed by atoms with E-state index in [1.54, 1.807) is 51.1 Å². The van der Waals surface area contributed by atoms with E-state index in [1.165, 1.54) is 6.07 Å². The molecule has 3 rings (SSSR count). The molecule has 2 amide bonds. The van der Waals surface area contributed by atoms with Crippen LogP contribution in [-0.2, 0) is 9.53 Å². The number of rotatable bonds is 1. The zero-order valence-corrected chi connectivity index (χ0v) is 16.4. The molecule has 0 aromatic heterocycles. The first-order chi connectivity index (χ1) is 12.6. The second kappa shape index (κ2) is 6.98. The zero-order chi connectivity index (χ0) is 19.9. The van der Waals surface area contributed by atoms with E-state index in [1.807, 2.05) is 0 Å². The number of hydrogen-bond donors (Lipinski definition) is 0. The van der Waals surface area contributed by atoms with Crippen LogP contribution in [0.1, 0.15) is 31.9 Å². The topological polar surface area (TPSA) is 46.6 Å². The highest BCUT2D eigenvalue weighted by atomic mass is 35.5. The molecule has 2 aromatic carbocycles. The Morgan fingerprint density at radius 2 is 1.89 bits per heavy atom. The van der Waals surface area contributed by atoms with Crippen LogP contribution in [0.4, 0.5) is 14.9 Å². The Morgan fingerprint density at radius 3 is 2.52 bits per heavy atom. The van der Waals surface area contributed by atoms with Gasteiger partial charge in [-0.1, -0.05) is 35.3 Å². The van der Waals surface area contributed by atoms with E-state index in [-0.39, 0.29) is 21.8 Å². The highest BCUT2D eigenvalue weighted by Gasteiger charge is 2.40. The van der Waals surface area contributed by atoms with Gasteiger partial charge in [0.15, 0.2) is 0 Å². The lowest BCUT2D eigenvalue weighted by molar-refractivity contribution is -0.112. The van der Waals surface area contributed by atoms with Crippen LogP contribution in [0, 0.1) is 5.82 Å². The third-order valence-corrected chi connectivity index (χ3v) is 4.26. The molecule has 0 N–H and O–H groups in total. The lowest BCUT2D eigenvalue weighted by Crippen LogP contribution is -2.38.